The first-order chi connectivity index (χ1) is 7.89. The van der Waals surface area contributed by atoms with Crippen molar-refractivity contribution >= 4 is 11.9 Å². The molecule has 2 bridgehead atoms. The summed E-state index contributed by atoms with van der Waals surface area (Å²) in [6.07, 6.45) is 3.70. The smallest absolute Gasteiger partial charge is 0.329 e. The molecule has 2 aliphatic rings. The van der Waals surface area contributed by atoms with Gasteiger partial charge in [-0.15, -0.1) is 0 Å². The first-order valence-electron chi connectivity index (χ1n) is 6.43. The average molecular weight is 239 g/mol. The number of fused-ring (bicyclic) bond motifs is 2. The van der Waals surface area contributed by atoms with Crippen LogP contribution in [0.3, 0.4) is 0 Å². The van der Waals surface area contributed by atoms with E-state index in [1.54, 1.807) is 4.90 Å². The molecule has 0 aromatic heterocycles. The summed E-state index contributed by atoms with van der Waals surface area (Å²) in [5, 5.41) is 9.66. The number of carboxylic acids is 1. The molecule has 2 rings (SSSR count). The van der Waals surface area contributed by atoms with Gasteiger partial charge in [-0.1, -0.05) is 0 Å². The highest BCUT2D eigenvalue weighted by molar-refractivity contribution is 5.87. The summed E-state index contributed by atoms with van der Waals surface area (Å²) >= 11 is 0. The molecular formula is C13H21NO3. The molecule has 0 aliphatic heterocycles. The van der Waals surface area contributed by atoms with Gasteiger partial charge in [-0.25, -0.2) is 4.79 Å². The Morgan fingerprint density at radius 1 is 1.35 bits per heavy atom. The standard InChI is InChI=1S/C13H21NO3/c1-8(2)14(9(3)15)13(12(16)17)7-10-4-5-11(13)6-10/h8,10-11H,4-7H2,1-3H3,(H,16,17). The van der Waals surface area contributed by atoms with E-state index in [-0.39, 0.29) is 17.9 Å². The second-order valence-corrected chi connectivity index (χ2v) is 5.79. The Morgan fingerprint density at radius 3 is 2.29 bits per heavy atom. The molecule has 0 aromatic carbocycles. The normalized spacial score (nSPS) is 35.3. The molecule has 3 atom stereocenters. The zero-order valence-electron chi connectivity index (χ0n) is 10.8. The summed E-state index contributed by atoms with van der Waals surface area (Å²) in [6.45, 7) is 5.28. The SMILES string of the molecule is CC(=O)N(C(C)C)C1(C(=O)O)CC2CCC1C2. The molecule has 0 aromatic rings. The Bertz CT molecular complexity index is 353. The van der Waals surface area contributed by atoms with E-state index in [0.29, 0.717) is 12.3 Å². The van der Waals surface area contributed by atoms with E-state index in [1.165, 1.54) is 6.92 Å². The zero-order chi connectivity index (χ0) is 12.8. The maximum absolute atomic E-state index is 11.8. The van der Waals surface area contributed by atoms with Gasteiger partial charge in [-0.05, 0) is 51.4 Å². The maximum atomic E-state index is 11.8. The topological polar surface area (TPSA) is 57.6 Å². The van der Waals surface area contributed by atoms with Crippen molar-refractivity contribution in [2.45, 2.75) is 58.0 Å². The minimum atomic E-state index is -0.928. The summed E-state index contributed by atoms with van der Waals surface area (Å²) in [7, 11) is 0. The summed E-state index contributed by atoms with van der Waals surface area (Å²) in [5.74, 6) is -0.281. The Kier molecular flexibility index (Phi) is 2.92. The number of carbonyl (C=O) groups excluding carboxylic acids is 1. The van der Waals surface area contributed by atoms with Crippen LogP contribution < -0.4 is 0 Å². The van der Waals surface area contributed by atoms with Gasteiger partial charge in [0.15, 0.2) is 0 Å². The Morgan fingerprint density at radius 2 is 2.00 bits per heavy atom. The fraction of sp³-hybridized carbons (Fsp3) is 0.846. The van der Waals surface area contributed by atoms with Gasteiger partial charge in [0.05, 0.1) is 0 Å². The molecule has 0 saturated heterocycles. The Hall–Kier alpha value is -1.06. The second kappa shape index (κ2) is 4.00. The van der Waals surface area contributed by atoms with E-state index in [1.807, 2.05) is 13.8 Å². The van der Waals surface area contributed by atoms with Gasteiger partial charge < -0.3 is 10.0 Å². The van der Waals surface area contributed by atoms with Gasteiger partial charge in [-0.3, -0.25) is 4.79 Å². The van der Waals surface area contributed by atoms with E-state index >= 15 is 0 Å². The fourth-order valence-corrected chi connectivity index (χ4v) is 4.07. The van der Waals surface area contributed by atoms with Crippen LogP contribution in [0.4, 0.5) is 0 Å². The van der Waals surface area contributed by atoms with E-state index in [0.717, 1.165) is 19.3 Å². The minimum absolute atomic E-state index is 0.0528. The number of aliphatic carboxylic acids is 1. The lowest BCUT2D eigenvalue weighted by molar-refractivity contribution is -0.165. The van der Waals surface area contributed by atoms with Crippen LogP contribution in [0.5, 0.6) is 0 Å². The van der Waals surface area contributed by atoms with E-state index in [4.69, 9.17) is 0 Å². The molecular weight excluding hydrogens is 218 g/mol. The molecule has 4 heteroatoms. The molecule has 1 amide bonds. The first-order valence-corrected chi connectivity index (χ1v) is 6.43. The van der Waals surface area contributed by atoms with E-state index < -0.39 is 11.5 Å². The number of rotatable bonds is 3. The molecule has 17 heavy (non-hydrogen) atoms. The summed E-state index contributed by atoms with van der Waals surface area (Å²) in [6, 6.07) is -0.0528. The van der Waals surface area contributed by atoms with Crippen LogP contribution in [0.25, 0.3) is 0 Å². The summed E-state index contributed by atoms with van der Waals surface area (Å²) in [4.78, 5) is 25.2. The fourth-order valence-electron chi connectivity index (χ4n) is 4.07. The van der Waals surface area contributed by atoms with Gasteiger partial charge in [0.2, 0.25) is 5.91 Å². The molecule has 3 unspecified atom stereocenters. The van der Waals surface area contributed by atoms with Crippen LogP contribution >= 0.6 is 0 Å². The summed E-state index contributed by atoms with van der Waals surface area (Å²) < 4.78 is 0. The van der Waals surface area contributed by atoms with Gasteiger partial charge in [0, 0.05) is 13.0 Å². The number of carboxylic acid groups (broad SMARTS) is 1. The third-order valence-electron chi connectivity index (χ3n) is 4.47. The van der Waals surface area contributed by atoms with E-state index in [9.17, 15) is 14.7 Å². The number of hydrogen-bond donors (Lipinski definition) is 1. The van der Waals surface area contributed by atoms with Gasteiger partial charge in [0.25, 0.3) is 0 Å². The Balaban J connectivity index is 2.41. The minimum Gasteiger partial charge on any atom is -0.479 e. The predicted octanol–water partition coefficient (Wildman–Crippen LogP) is 1.89. The van der Waals surface area contributed by atoms with Crippen molar-refractivity contribution in [1.82, 2.24) is 4.90 Å². The quantitative estimate of drug-likeness (QED) is 0.818. The van der Waals surface area contributed by atoms with Crippen LogP contribution in [0.15, 0.2) is 0 Å². The molecule has 0 radical (unpaired) electrons. The zero-order valence-corrected chi connectivity index (χ0v) is 10.8. The number of hydrogen-bond acceptors (Lipinski definition) is 2. The lowest BCUT2D eigenvalue weighted by Crippen LogP contribution is -2.62. The molecule has 0 spiro atoms. The van der Waals surface area contributed by atoms with Crippen molar-refractivity contribution in [3.63, 3.8) is 0 Å². The van der Waals surface area contributed by atoms with Crippen LogP contribution in [0.2, 0.25) is 0 Å². The molecule has 2 aliphatic carbocycles. The Labute approximate surface area is 102 Å². The molecule has 0 heterocycles. The average Bonchev–Trinajstić information content (AvgIpc) is 2.76. The van der Waals surface area contributed by atoms with Crippen molar-refractivity contribution in [1.29, 1.82) is 0 Å². The predicted molar refractivity (Wildman–Crippen MR) is 63.5 cm³/mol. The largest absolute Gasteiger partial charge is 0.479 e. The third kappa shape index (κ3) is 1.65. The highest BCUT2D eigenvalue weighted by Gasteiger charge is 2.60. The van der Waals surface area contributed by atoms with E-state index in [2.05, 4.69) is 0 Å². The maximum Gasteiger partial charge on any atom is 0.329 e. The van der Waals surface area contributed by atoms with Crippen molar-refractivity contribution in [3.05, 3.63) is 0 Å². The monoisotopic (exact) mass is 239 g/mol. The van der Waals surface area contributed by atoms with Crippen molar-refractivity contribution < 1.29 is 14.7 Å². The van der Waals surface area contributed by atoms with Crippen LogP contribution in [0, 0.1) is 11.8 Å². The second-order valence-electron chi connectivity index (χ2n) is 5.79. The van der Waals surface area contributed by atoms with Crippen LogP contribution in [-0.2, 0) is 9.59 Å². The van der Waals surface area contributed by atoms with Gasteiger partial charge in [0.1, 0.15) is 5.54 Å². The lowest BCUT2D eigenvalue weighted by atomic mass is 9.78. The number of carbonyl (C=O) groups is 2. The van der Waals surface area contributed by atoms with Crippen molar-refractivity contribution in [2.75, 3.05) is 0 Å². The number of amides is 1. The van der Waals surface area contributed by atoms with Crippen molar-refractivity contribution in [3.8, 4) is 0 Å². The number of nitrogens with zero attached hydrogens (tertiary/aromatic N) is 1. The molecule has 2 saturated carbocycles. The summed E-state index contributed by atoms with van der Waals surface area (Å²) in [5.41, 5.74) is -0.928. The van der Waals surface area contributed by atoms with Crippen LogP contribution in [0.1, 0.15) is 46.5 Å². The van der Waals surface area contributed by atoms with Gasteiger partial charge in [-0.2, -0.15) is 0 Å². The molecule has 2 fully saturated rings. The highest BCUT2D eigenvalue weighted by Crippen LogP contribution is 2.54. The van der Waals surface area contributed by atoms with Gasteiger partial charge >= 0.3 is 5.97 Å². The molecule has 1 N–H and O–H groups in total. The molecule has 96 valence electrons. The third-order valence-corrected chi connectivity index (χ3v) is 4.47. The van der Waals surface area contributed by atoms with Crippen molar-refractivity contribution in [2.24, 2.45) is 11.8 Å². The van der Waals surface area contributed by atoms with Crippen LogP contribution in [-0.4, -0.2) is 33.5 Å². The lowest BCUT2D eigenvalue weighted by Gasteiger charge is -2.45. The highest BCUT2D eigenvalue weighted by atomic mass is 16.4. The molecule has 4 nitrogen and oxygen atoms in total. The first kappa shape index (κ1) is 12.4.